The van der Waals surface area contributed by atoms with Crippen molar-refractivity contribution in [1.29, 1.82) is 0 Å². The van der Waals surface area contributed by atoms with Crippen LogP contribution in [-0.4, -0.2) is 42.6 Å². The van der Waals surface area contributed by atoms with Crippen molar-refractivity contribution in [3.8, 4) is 0 Å². The van der Waals surface area contributed by atoms with Crippen LogP contribution in [0, 0.1) is 0 Å². The number of rotatable bonds is 7. The van der Waals surface area contributed by atoms with Crippen LogP contribution in [0.2, 0.25) is 0 Å². The Morgan fingerprint density at radius 3 is 2.23 bits per heavy atom. The molecule has 0 spiro atoms. The van der Waals surface area contributed by atoms with E-state index in [1.807, 2.05) is 72.8 Å². The van der Waals surface area contributed by atoms with E-state index in [0.717, 1.165) is 11.1 Å². The fraction of sp³-hybridized carbons (Fsp3) is 0.0833. The van der Waals surface area contributed by atoms with Gasteiger partial charge in [-0.3, -0.25) is 19.8 Å². The maximum atomic E-state index is 12.4. The van der Waals surface area contributed by atoms with Gasteiger partial charge < -0.3 is 4.74 Å². The number of nitrogens with one attached hydrogen (secondary N) is 1. The van der Waals surface area contributed by atoms with Gasteiger partial charge in [0, 0.05) is 6.21 Å². The van der Waals surface area contributed by atoms with E-state index in [2.05, 4.69) is 15.5 Å². The summed E-state index contributed by atoms with van der Waals surface area (Å²) in [4.78, 5) is 25.7. The molecule has 1 fully saturated rings. The molecule has 2 aromatic rings. The predicted octanol–water partition coefficient (Wildman–Crippen LogP) is 3.24. The number of carbonyl (C=O) groups excluding carboxylic acids is 2. The Morgan fingerprint density at radius 2 is 1.61 bits per heavy atom. The number of methoxy groups -OCH3 is 1. The van der Waals surface area contributed by atoms with Gasteiger partial charge in [-0.25, -0.2) is 0 Å². The van der Waals surface area contributed by atoms with Crippen molar-refractivity contribution in [2.75, 3.05) is 13.7 Å². The van der Waals surface area contributed by atoms with Gasteiger partial charge in [-0.2, -0.15) is 5.10 Å². The topological polar surface area (TPSA) is 83.4 Å². The first-order valence-electron chi connectivity index (χ1n) is 9.59. The number of benzene rings is 2. The fourth-order valence-corrected chi connectivity index (χ4v) is 2.73. The molecule has 7 nitrogen and oxygen atoms in total. The lowest BCUT2D eigenvalue weighted by atomic mass is 10.2. The first-order chi connectivity index (χ1) is 15.2. The summed E-state index contributed by atoms with van der Waals surface area (Å²) < 4.78 is 4.74. The molecule has 0 bridgehead atoms. The molecule has 0 saturated carbocycles. The van der Waals surface area contributed by atoms with Crippen molar-refractivity contribution < 1.29 is 14.3 Å². The minimum absolute atomic E-state index is 0.152. The van der Waals surface area contributed by atoms with Crippen molar-refractivity contribution in [1.82, 2.24) is 10.2 Å². The van der Waals surface area contributed by atoms with E-state index in [-0.39, 0.29) is 24.1 Å². The Kier molecular flexibility index (Phi) is 7.65. The smallest absolute Gasteiger partial charge is 0.325 e. The summed E-state index contributed by atoms with van der Waals surface area (Å²) in [6.45, 7) is -0.172. The van der Waals surface area contributed by atoms with Gasteiger partial charge in [0.15, 0.2) is 0 Å². The van der Waals surface area contributed by atoms with E-state index in [9.17, 15) is 9.59 Å². The number of hydrogen-bond acceptors (Lipinski definition) is 5. The molecule has 7 heteroatoms. The number of esters is 1. The van der Waals surface area contributed by atoms with Crippen LogP contribution in [0.25, 0.3) is 12.2 Å². The lowest BCUT2D eigenvalue weighted by Gasteiger charge is -2.15. The van der Waals surface area contributed by atoms with Crippen LogP contribution >= 0.6 is 0 Å². The van der Waals surface area contributed by atoms with Crippen molar-refractivity contribution >= 4 is 36.2 Å². The lowest BCUT2D eigenvalue weighted by Crippen LogP contribution is -2.34. The second-order valence-electron chi connectivity index (χ2n) is 6.40. The molecule has 1 aliphatic heterocycles. The van der Waals surface area contributed by atoms with Gasteiger partial charge in [0.1, 0.15) is 12.2 Å². The maximum Gasteiger partial charge on any atom is 0.325 e. The normalized spacial score (nSPS) is 16.8. The van der Waals surface area contributed by atoms with E-state index in [1.54, 1.807) is 18.2 Å². The standard InChI is InChI=1S/C24H22N4O3/c1-31-22(29)18-28-21(16-8-14-19-10-4-2-5-11-19)23(30)26-24(28)27-25-17-9-15-20-12-6-3-7-13-20/h2-17H,18H2,1H3,(H,26,27,30). The summed E-state index contributed by atoms with van der Waals surface area (Å²) in [5.74, 6) is -0.732. The monoisotopic (exact) mass is 414 g/mol. The zero-order valence-electron chi connectivity index (χ0n) is 17.0. The number of nitrogens with zero attached hydrogens (tertiary/aromatic N) is 3. The number of allylic oxidation sites excluding steroid dienone is 3. The van der Waals surface area contributed by atoms with Gasteiger partial charge in [-0.15, -0.1) is 5.10 Å². The highest BCUT2D eigenvalue weighted by Gasteiger charge is 2.32. The first-order valence-corrected chi connectivity index (χ1v) is 9.59. The van der Waals surface area contributed by atoms with Crippen molar-refractivity contribution in [3.63, 3.8) is 0 Å². The Balaban J connectivity index is 1.76. The molecule has 1 N–H and O–H groups in total. The molecule has 1 aliphatic rings. The highest BCUT2D eigenvalue weighted by Crippen LogP contribution is 2.14. The quantitative estimate of drug-likeness (QED) is 0.326. The summed E-state index contributed by atoms with van der Waals surface area (Å²) in [5.41, 5.74) is 2.28. The first kappa shape index (κ1) is 21.4. The summed E-state index contributed by atoms with van der Waals surface area (Å²) in [6, 6.07) is 19.4. The zero-order chi connectivity index (χ0) is 21.9. The van der Waals surface area contributed by atoms with Crippen LogP contribution in [0.4, 0.5) is 0 Å². The van der Waals surface area contributed by atoms with Crippen LogP contribution in [0.3, 0.4) is 0 Å². The van der Waals surface area contributed by atoms with Crippen LogP contribution < -0.4 is 5.32 Å². The largest absolute Gasteiger partial charge is 0.468 e. The lowest BCUT2D eigenvalue weighted by molar-refractivity contribution is -0.140. The molecule has 0 aliphatic carbocycles. The van der Waals surface area contributed by atoms with Gasteiger partial charge in [0.05, 0.1) is 7.11 Å². The van der Waals surface area contributed by atoms with Crippen LogP contribution in [0.5, 0.6) is 0 Å². The van der Waals surface area contributed by atoms with E-state index in [0.29, 0.717) is 0 Å². The Bertz CT molecular complexity index is 1050. The zero-order valence-corrected chi connectivity index (χ0v) is 17.0. The van der Waals surface area contributed by atoms with E-state index >= 15 is 0 Å². The maximum absolute atomic E-state index is 12.4. The molecule has 31 heavy (non-hydrogen) atoms. The number of amides is 1. The molecule has 156 valence electrons. The van der Waals surface area contributed by atoms with E-state index in [4.69, 9.17) is 4.74 Å². The third-order valence-electron chi connectivity index (χ3n) is 4.26. The number of hydrogen-bond donors (Lipinski definition) is 1. The third-order valence-corrected chi connectivity index (χ3v) is 4.26. The molecule has 2 aromatic carbocycles. The SMILES string of the molecule is COC(=O)CN1C(=CC=Cc2ccccc2)C(=O)NC1=NN=CC=Cc1ccccc1. The van der Waals surface area contributed by atoms with Gasteiger partial charge in [-0.05, 0) is 23.3 Å². The van der Waals surface area contributed by atoms with Crippen molar-refractivity contribution in [3.05, 3.63) is 95.7 Å². The molecule has 1 heterocycles. The van der Waals surface area contributed by atoms with Crippen LogP contribution in [0.1, 0.15) is 11.1 Å². The molecule has 1 amide bonds. The van der Waals surface area contributed by atoms with Crippen molar-refractivity contribution in [2.24, 2.45) is 10.2 Å². The highest BCUT2D eigenvalue weighted by atomic mass is 16.5. The number of carbonyl (C=O) groups is 2. The third kappa shape index (κ3) is 6.37. The summed E-state index contributed by atoms with van der Waals surface area (Å²) in [7, 11) is 1.29. The van der Waals surface area contributed by atoms with E-state index < -0.39 is 5.97 Å². The predicted molar refractivity (Wildman–Crippen MR) is 122 cm³/mol. The van der Waals surface area contributed by atoms with Crippen molar-refractivity contribution in [2.45, 2.75) is 0 Å². The number of ether oxygens (including phenoxy) is 1. The molecule has 0 aromatic heterocycles. The summed E-state index contributed by atoms with van der Waals surface area (Å²) in [6.07, 6.45) is 10.3. The average Bonchev–Trinajstić information content (AvgIpc) is 3.09. The molecule has 0 atom stereocenters. The number of guanidine groups is 1. The molecule has 0 radical (unpaired) electrons. The van der Waals surface area contributed by atoms with Gasteiger partial charge in [0.2, 0.25) is 5.96 Å². The average molecular weight is 414 g/mol. The molecule has 3 rings (SSSR count). The van der Waals surface area contributed by atoms with Gasteiger partial charge in [-0.1, -0.05) is 78.9 Å². The Morgan fingerprint density at radius 1 is 1.00 bits per heavy atom. The van der Waals surface area contributed by atoms with Gasteiger partial charge in [0.25, 0.3) is 5.91 Å². The minimum Gasteiger partial charge on any atom is -0.468 e. The summed E-state index contributed by atoms with van der Waals surface area (Å²) >= 11 is 0. The molecule has 0 unspecified atom stereocenters. The Labute approximate surface area is 180 Å². The minimum atomic E-state index is -0.505. The molecular weight excluding hydrogens is 392 g/mol. The molecular formula is C24H22N4O3. The van der Waals surface area contributed by atoms with Crippen LogP contribution in [0.15, 0.2) is 94.8 Å². The van der Waals surface area contributed by atoms with E-state index in [1.165, 1.54) is 18.2 Å². The fourth-order valence-electron chi connectivity index (χ4n) is 2.73. The Hall–Kier alpha value is -4.26. The highest BCUT2D eigenvalue weighted by molar-refractivity contribution is 6.14. The van der Waals surface area contributed by atoms with Crippen LogP contribution in [-0.2, 0) is 14.3 Å². The van der Waals surface area contributed by atoms with Gasteiger partial charge >= 0.3 is 5.97 Å². The second-order valence-corrected chi connectivity index (χ2v) is 6.40. The summed E-state index contributed by atoms with van der Waals surface area (Å²) in [5, 5.41) is 10.6. The second kappa shape index (κ2) is 11.1. The molecule has 1 saturated heterocycles.